The number of hydrogen-bond donors (Lipinski definition) is 3. The van der Waals surface area contributed by atoms with Crippen molar-refractivity contribution >= 4 is 29.2 Å². The number of carbonyl (C=O) groups is 2. The number of aryl methyl sites for hydroxylation is 1. The van der Waals surface area contributed by atoms with E-state index in [1.165, 1.54) is 11.3 Å². The van der Waals surface area contributed by atoms with Crippen LogP contribution in [0.1, 0.15) is 90.8 Å². The van der Waals surface area contributed by atoms with Gasteiger partial charge in [-0.1, -0.05) is 52.4 Å². The minimum Gasteiger partial charge on any atom is -0.458 e. The first-order chi connectivity index (χ1) is 16.7. The summed E-state index contributed by atoms with van der Waals surface area (Å²) in [5, 5.41) is 34.6. The van der Waals surface area contributed by atoms with Gasteiger partial charge in [-0.3, -0.25) is 14.8 Å². The molecule has 202 valence electrons. The Bertz CT molecular complexity index is 1000. The summed E-state index contributed by atoms with van der Waals surface area (Å²) in [5.74, 6) is -1.09. The summed E-state index contributed by atoms with van der Waals surface area (Å²) in [6.45, 7) is 12.9. The third-order valence-corrected chi connectivity index (χ3v) is 9.70. The summed E-state index contributed by atoms with van der Waals surface area (Å²) in [4.78, 5) is 26.2. The molecule has 3 N–H and O–H groups in total. The fourth-order valence-corrected chi connectivity index (χ4v) is 6.29. The molecule has 2 fully saturated rings. The molecular weight excluding hydrogens is 478 g/mol. The van der Waals surface area contributed by atoms with Crippen LogP contribution in [0, 0.1) is 35.5 Å². The number of ketones is 1. The van der Waals surface area contributed by atoms with Gasteiger partial charge >= 0.3 is 5.97 Å². The number of rotatable bonds is 2. The lowest BCUT2D eigenvalue weighted by Crippen LogP contribution is -2.45. The van der Waals surface area contributed by atoms with Crippen LogP contribution < -0.4 is 4.73 Å². The van der Waals surface area contributed by atoms with Crippen molar-refractivity contribution in [1.29, 1.82) is 0 Å². The monoisotopic (exact) mass is 522 g/mol. The molecule has 1 aromatic heterocycles. The summed E-state index contributed by atoms with van der Waals surface area (Å²) in [5.41, 5.74) is 0.410. The SMILES string of the molecule is C/C(=C\c1csc(C)[n+]1O)C1CC2CC2(C)CCCC(C)C(O)C(C)C(=O)C(C)(C)C(O)CC(=O)O1. The second-order valence-corrected chi connectivity index (χ2v) is 13.2. The van der Waals surface area contributed by atoms with Crippen molar-refractivity contribution in [3.05, 3.63) is 21.7 Å². The minimum absolute atomic E-state index is 0.0345. The van der Waals surface area contributed by atoms with E-state index in [0.717, 1.165) is 41.0 Å². The molecule has 7 unspecified atom stereocenters. The number of nitrogens with zero attached hydrogens (tertiary/aromatic N) is 1. The predicted octanol–water partition coefficient (Wildman–Crippen LogP) is 4.48. The van der Waals surface area contributed by atoms with Gasteiger partial charge < -0.3 is 14.9 Å². The first-order valence-corrected chi connectivity index (χ1v) is 14.0. The molecule has 3 rings (SSSR count). The molecule has 0 radical (unpaired) electrons. The number of hydrogen-bond acceptors (Lipinski definition) is 7. The second kappa shape index (κ2) is 10.9. The zero-order valence-corrected chi connectivity index (χ0v) is 23.6. The Hall–Kier alpha value is -1.77. The van der Waals surface area contributed by atoms with Gasteiger partial charge in [0.2, 0.25) is 0 Å². The van der Waals surface area contributed by atoms with E-state index in [1.807, 2.05) is 32.2 Å². The van der Waals surface area contributed by atoms with Crippen LogP contribution in [-0.4, -0.2) is 45.5 Å². The molecule has 0 aromatic carbocycles. The van der Waals surface area contributed by atoms with Crippen molar-refractivity contribution < 1.29 is 34.5 Å². The van der Waals surface area contributed by atoms with Crippen LogP contribution >= 0.6 is 11.3 Å². The van der Waals surface area contributed by atoms with Crippen LogP contribution in [0.3, 0.4) is 0 Å². The standard InChI is InChI=1S/C28H44NO6S/c1-16-9-8-10-28(7)14-20(28)12-22(17(2)11-21-15-36-19(4)29(21)34)35-24(31)13-23(30)27(5,6)26(33)18(3)25(16)32/h11,15-16,18,20,22-23,25,30,32,34H,8-10,12-14H2,1-7H3/q+1/b17-11+. The molecule has 8 heteroatoms. The molecule has 1 saturated carbocycles. The number of aliphatic hydroxyl groups excluding tert-OH is 2. The van der Waals surface area contributed by atoms with Crippen LogP contribution in [-0.2, 0) is 14.3 Å². The number of Topliss-reactive ketones (excluding diaryl/α,β-unsaturated/α-hetero) is 1. The molecule has 0 bridgehead atoms. The normalized spacial score (nSPS) is 36.8. The number of thiazole rings is 1. The average Bonchev–Trinajstić information content (AvgIpc) is 3.34. The Morgan fingerprint density at radius 3 is 2.50 bits per heavy atom. The van der Waals surface area contributed by atoms with Crippen molar-refractivity contribution in [1.82, 2.24) is 0 Å². The molecule has 7 atom stereocenters. The van der Waals surface area contributed by atoms with Gasteiger partial charge in [0.25, 0.3) is 10.7 Å². The maximum Gasteiger partial charge on any atom is 0.309 e. The van der Waals surface area contributed by atoms with Gasteiger partial charge in [0, 0.05) is 23.6 Å². The zero-order chi connectivity index (χ0) is 27.0. The molecule has 0 spiro atoms. The Kier molecular flexibility index (Phi) is 8.73. The van der Waals surface area contributed by atoms with E-state index >= 15 is 0 Å². The van der Waals surface area contributed by atoms with Crippen LogP contribution in [0.15, 0.2) is 11.0 Å². The van der Waals surface area contributed by atoms with Crippen LogP contribution in [0.4, 0.5) is 0 Å². The molecule has 36 heavy (non-hydrogen) atoms. The van der Waals surface area contributed by atoms with Gasteiger partial charge in [0.1, 0.15) is 11.9 Å². The number of carbonyl (C=O) groups excluding carboxylic acids is 2. The van der Waals surface area contributed by atoms with Gasteiger partial charge in [0.15, 0.2) is 0 Å². The fourth-order valence-electron chi connectivity index (χ4n) is 5.63. The van der Waals surface area contributed by atoms with E-state index in [9.17, 15) is 25.0 Å². The molecule has 1 aliphatic carbocycles. The summed E-state index contributed by atoms with van der Waals surface area (Å²) in [7, 11) is 0. The van der Waals surface area contributed by atoms with Gasteiger partial charge in [-0.25, -0.2) is 0 Å². The van der Waals surface area contributed by atoms with Crippen LogP contribution in [0.25, 0.3) is 6.08 Å². The maximum atomic E-state index is 13.2. The molecule has 1 aliphatic heterocycles. The Morgan fingerprint density at radius 2 is 1.89 bits per heavy atom. The van der Waals surface area contributed by atoms with Crippen molar-refractivity contribution in [2.24, 2.45) is 28.6 Å². The highest BCUT2D eigenvalue weighted by atomic mass is 32.1. The number of aliphatic hydroxyl groups is 2. The molecule has 2 heterocycles. The third kappa shape index (κ3) is 6.20. The molecule has 1 saturated heterocycles. The van der Waals surface area contributed by atoms with E-state index in [2.05, 4.69) is 6.92 Å². The number of fused-ring (bicyclic) bond motifs is 1. The predicted molar refractivity (Wildman–Crippen MR) is 138 cm³/mol. The Morgan fingerprint density at radius 1 is 1.22 bits per heavy atom. The van der Waals surface area contributed by atoms with Gasteiger partial charge in [-0.15, -0.1) is 0 Å². The lowest BCUT2D eigenvalue weighted by atomic mass is 9.73. The zero-order valence-electron chi connectivity index (χ0n) is 22.8. The largest absolute Gasteiger partial charge is 0.458 e. The van der Waals surface area contributed by atoms with Crippen LogP contribution in [0.5, 0.6) is 0 Å². The molecular formula is C28H44NO6S+. The topological polar surface area (TPSA) is 108 Å². The highest BCUT2D eigenvalue weighted by Gasteiger charge is 2.50. The summed E-state index contributed by atoms with van der Waals surface area (Å²) < 4.78 is 7.05. The lowest BCUT2D eigenvalue weighted by molar-refractivity contribution is -0.906. The lowest BCUT2D eigenvalue weighted by Gasteiger charge is -2.34. The van der Waals surface area contributed by atoms with Gasteiger partial charge in [-0.2, -0.15) is 0 Å². The summed E-state index contributed by atoms with van der Waals surface area (Å²) in [6.07, 6.45) is 3.55. The maximum absolute atomic E-state index is 13.2. The fraction of sp³-hybridized carbons (Fsp3) is 0.750. The van der Waals surface area contributed by atoms with Crippen molar-refractivity contribution in [2.75, 3.05) is 0 Å². The average molecular weight is 523 g/mol. The van der Waals surface area contributed by atoms with E-state index in [4.69, 9.17) is 4.74 Å². The van der Waals surface area contributed by atoms with E-state index < -0.39 is 35.6 Å². The molecule has 1 aromatic rings. The second-order valence-electron chi connectivity index (χ2n) is 12.1. The number of ether oxygens (including phenoxy) is 1. The van der Waals surface area contributed by atoms with E-state index in [1.54, 1.807) is 20.8 Å². The highest BCUT2D eigenvalue weighted by Crippen LogP contribution is 2.58. The van der Waals surface area contributed by atoms with E-state index in [0.29, 0.717) is 18.0 Å². The van der Waals surface area contributed by atoms with Gasteiger partial charge in [-0.05, 0) is 55.4 Å². The quantitative estimate of drug-likeness (QED) is 0.300. The Labute approximate surface area is 219 Å². The molecule has 7 nitrogen and oxygen atoms in total. The van der Waals surface area contributed by atoms with E-state index in [-0.39, 0.29) is 23.5 Å². The molecule has 2 aliphatic rings. The smallest absolute Gasteiger partial charge is 0.309 e. The van der Waals surface area contributed by atoms with Crippen molar-refractivity contribution in [2.45, 2.75) is 105 Å². The van der Waals surface area contributed by atoms with Crippen molar-refractivity contribution in [3.8, 4) is 0 Å². The van der Waals surface area contributed by atoms with Crippen molar-refractivity contribution in [3.63, 3.8) is 0 Å². The molecule has 0 amide bonds. The number of cyclic esters (lactones) is 1. The third-order valence-electron chi connectivity index (χ3n) is 8.83. The first kappa shape index (κ1) is 28.8. The number of esters is 1. The summed E-state index contributed by atoms with van der Waals surface area (Å²) in [6, 6.07) is 0. The minimum atomic E-state index is -1.23. The Balaban J connectivity index is 1.88. The first-order valence-electron chi connectivity index (χ1n) is 13.1. The number of aromatic nitrogens is 1. The summed E-state index contributed by atoms with van der Waals surface area (Å²) >= 11 is 1.43. The van der Waals surface area contributed by atoms with Gasteiger partial charge in [0.05, 0.1) is 29.4 Å². The highest BCUT2D eigenvalue weighted by molar-refractivity contribution is 7.09. The van der Waals surface area contributed by atoms with Crippen LogP contribution in [0.2, 0.25) is 0 Å².